The molecule has 0 bridgehead atoms. The van der Waals surface area contributed by atoms with Crippen molar-refractivity contribution >= 4 is 5.97 Å². The summed E-state index contributed by atoms with van der Waals surface area (Å²) in [5.41, 5.74) is 0.176. The summed E-state index contributed by atoms with van der Waals surface area (Å²) in [5, 5.41) is 10.4. The van der Waals surface area contributed by atoms with Gasteiger partial charge >= 0.3 is 5.97 Å². The van der Waals surface area contributed by atoms with Gasteiger partial charge in [0.25, 0.3) is 0 Å². The van der Waals surface area contributed by atoms with E-state index in [1.54, 1.807) is 6.92 Å². The van der Waals surface area contributed by atoms with Crippen molar-refractivity contribution in [2.45, 2.75) is 13.8 Å². The molecule has 0 aromatic carbocycles. The average Bonchev–Trinajstić information content (AvgIpc) is 1.89. The van der Waals surface area contributed by atoms with E-state index >= 15 is 0 Å². The first-order chi connectivity index (χ1) is 4.56. The minimum absolute atomic E-state index is 0.176. The second-order valence-corrected chi connectivity index (χ2v) is 1.53. The molecule has 0 spiro atoms. The van der Waals surface area contributed by atoms with Crippen LogP contribution in [0.25, 0.3) is 0 Å². The number of carbonyl (C=O) groups is 1. The molecule has 0 unspecified atom stereocenters. The summed E-state index contributed by atoms with van der Waals surface area (Å²) in [7, 11) is 0. The Kier molecular flexibility index (Phi) is 9.05. The zero-order chi connectivity index (χ0) is 8.57. The third kappa shape index (κ3) is 15.8. The third-order valence-corrected chi connectivity index (χ3v) is 0.494. The van der Waals surface area contributed by atoms with Crippen molar-refractivity contribution in [3.63, 3.8) is 0 Å². The van der Waals surface area contributed by atoms with E-state index in [1.165, 1.54) is 6.92 Å². The molecule has 10 heavy (non-hydrogen) atoms. The van der Waals surface area contributed by atoms with Crippen molar-refractivity contribution in [1.29, 1.82) is 0 Å². The van der Waals surface area contributed by atoms with Crippen LogP contribution >= 0.6 is 0 Å². The van der Waals surface area contributed by atoms with E-state index in [1.807, 2.05) is 0 Å². The molecule has 1 N–H and O–H groups in total. The van der Waals surface area contributed by atoms with Gasteiger partial charge in [-0.05, 0) is 13.8 Å². The molecule has 0 radical (unpaired) electrons. The Morgan fingerprint density at radius 2 is 1.90 bits per heavy atom. The summed E-state index contributed by atoms with van der Waals surface area (Å²) in [5.74, 6) is -0.935. The van der Waals surface area contributed by atoms with Gasteiger partial charge in [0, 0.05) is 5.57 Å². The molecule has 0 fully saturated rings. The zero-order valence-electron chi connectivity index (χ0n) is 6.13. The van der Waals surface area contributed by atoms with Crippen molar-refractivity contribution < 1.29 is 9.90 Å². The Morgan fingerprint density at radius 1 is 1.70 bits per heavy atom. The van der Waals surface area contributed by atoms with Crippen LogP contribution in [-0.4, -0.2) is 17.6 Å². The predicted octanol–water partition coefficient (Wildman–Crippen LogP) is 1.42. The van der Waals surface area contributed by atoms with E-state index in [0.29, 0.717) is 6.54 Å². The minimum Gasteiger partial charge on any atom is -0.478 e. The molecule has 4 nitrogen and oxygen atoms in total. The summed E-state index contributed by atoms with van der Waals surface area (Å²) in [4.78, 5) is 18.5. The number of carboxylic acids is 1. The fraction of sp³-hybridized carbons (Fsp3) is 0.500. The van der Waals surface area contributed by atoms with Crippen molar-refractivity contribution in [2.24, 2.45) is 5.18 Å². The van der Waals surface area contributed by atoms with Crippen LogP contribution < -0.4 is 0 Å². The maximum Gasteiger partial charge on any atom is 0.330 e. The Labute approximate surface area is 59.5 Å². The molecule has 0 aromatic rings. The van der Waals surface area contributed by atoms with Gasteiger partial charge in [0.2, 0.25) is 0 Å². The van der Waals surface area contributed by atoms with E-state index in [4.69, 9.17) is 10.0 Å². The molecule has 0 saturated heterocycles. The topological polar surface area (TPSA) is 66.7 Å². The van der Waals surface area contributed by atoms with Crippen LogP contribution in [0.4, 0.5) is 0 Å². The van der Waals surface area contributed by atoms with Crippen LogP contribution in [0.3, 0.4) is 0 Å². The molecule has 0 rings (SSSR count). The SMILES string of the molecule is C=C(C)C(=O)O.CCN=O. The summed E-state index contributed by atoms with van der Waals surface area (Å²) < 4.78 is 0. The Bertz CT molecular complexity index is 119. The van der Waals surface area contributed by atoms with E-state index in [9.17, 15) is 4.79 Å². The Hall–Kier alpha value is -1.19. The maximum atomic E-state index is 9.60. The van der Waals surface area contributed by atoms with Crippen molar-refractivity contribution in [2.75, 3.05) is 6.54 Å². The van der Waals surface area contributed by atoms with Gasteiger partial charge in [0.15, 0.2) is 0 Å². The molecule has 0 atom stereocenters. The van der Waals surface area contributed by atoms with Crippen molar-refractivity contribution in [3.05, 3.63) is 17.1 Å². The highest BCUT2D eigenvalue weighted by Crippen LogP contribution is 1.81. The van der Waals surface area contributed by atoms with Gasteiger partial charge in [-0.15, -0.1) is 0 Å². The second-order valence-electron chi connectivity index (χ2n) is 1.53. The molecule has 0 aliphatic carbocycles. The van der Waals surface area contributed by atoms with Gasteiger partial charge in [-0.1, -0.05) is 11.8 Å². The minimum atomic E-state index is -0.935. The first kappa shape index (κ1) is 11.6. The number of hydrogen-bond acceptors (Lipinski definition) is 3. The van der Waals surface area contributed by atoms with Crippen LogP contribution in [-0.2, 0) is 4.79 Å². The lowest BCUT2D eigenvalue weighted by molar-refractivity contribution is -0.132. The second kappa shape index (κ2) is 7.81. The van der Waals surface area contributed by atoms with E-state index in [2.05, 4.69) is 11.8 Å². The summed E-state index contributed by atoms with van der Waals surface area (Å²) >= 11 is 0. The molecule has 0 aliphatic rings. The molecule has 0 amide bonds. The normalized spacial score (nSPS) is 7.00. The zero-order valence-corrected chi connectivity index (χ0v) is 6.13. The van der Waals surface area contributed by atoms with Gasteiger partial charge in [-0.2, -0.15) is 4.91 Å². The molecule has 0 aromatic heterocycles. The van der Waals surface area contributed by atoms with Crippen LogP contribution in [0.15, 0.2) is 17.3 Å². The first-order valence-corrected chi connectivity index (χ1v) is 2.74. The quantitative estimate of drug-likeness (QED) is 0.472. The van der Waals surface area contributed by atoms with Crippen LogP contribution in [0.2, 0.25) is 0 Å². The van der Waals surface area contributed by atoms with Crippen molar-refractivity contribution in [1.82, 2.24) is 0 Å². The van der Waals surface area contributed by atoms with E-state index in [-0.39, 0.29) is 5.57 Å². The lowest BCUT2D eigenvalue weighted by Crippen LogP contribution is -1.92. The standard InChI is InChI=1S/C4H6O2.C2H5NO/c1-3(2)4(5)6;1-2-3-4/h1H2,2H3,(H,5,6);2H2,1H3. The molecular formula is C6H11NO3. The van der Waals surface area contributed by atoms with Gasteiger partial charge in [0.1, 0.15) is 0 Å². The first-order valence-electron chi connectivity index (χ1n) is 2.74. The Balaban J connectivity index is 0. The number of nitroso groups, excluding NO2 is 1. The summed E-state index contributed by atoms with van der Waals surface area (Å²) in [6, 6.07) is 0. The van der Waals surface area contributed by atoms with Crippen LogP contribution in [0, 0.1) is 4.91 Å². The number of hydrogen-bond donors (Lipinski definition) is 1. The number of carboxylic acid groups (broad SMARTS) is 1. The average molecular weight is 145 g/mol. The summed E-state index contributed by atoms with van der Waals surface area (Å²) in [6.07, 6.45) is 0. The fourth-order valence-corrected chi connectivity index (χ4v) is 0. The summed E-state index contributed by atoms with van der Waals surface area (Å²) in [6.45, 7) is 6.69. The maximum absolute atomic E-state index is 9.60. The number of rotatable bonds is 2. The predicted molar refractivity (Wildman–Crippen MR) is 38.8 cm³/mol. The molecule has 0 heterocycles. The highest BCUT2D eigenvalue weighted by atomic mass is 16.4. The molecular weight excluding hydrogens is 134 g/mol. The largest absolute Gasteiger partial charge is 0.478 e. The monoisotopic (exact) mass is 145 g/mol. The molecule has 0 saturated carbocycles. The molecule has 58 valence electrons. The van der Waals surface area contributed by atoms with E-state index < -0.39 is 5.97 Å². The van der Waals surface area contributed by atoms with E-state index in [0.717, 1.165) is 0 Å². The third-order valence-electron chi connectivity index (χ3n) is 0.494. The van der Waals surface area contributed by atoms with Gasteiger partial charge < -0.3 is 5.11 Å². The lowest BCUT2D eigenvalue weighted by atomic mass is 10.4. The fourth-order valence-electron chi connectivity index (χ4n) is 0. The number of nitrogens with zero attached hydrogens (tertiary/aromatic N) is 1. The number of aliphatic carboxylic acids is 1. The highest BCUT2D eigenvalue weighted by Gasteiger charge is 1.90. The van der Waals surface area contributed by atoms with Crippen LogP contribution in [0.5, 0.6) is 0 Å². The molecule has 4 heteroatoms. The molecule has 0 aliphatic heterocycles. The Morgan fingerprint density at radius 3 is 1.90 bits per heavy atom. The van der Waals surface area contributed by atoms with Gasteiger partial charge in [-0.3, -0.25) is 0 Å². The smallest absolute Gasteiger partial charge is 0.330 e. The van der Waals surface area contributed by atoms with Crippen molar-refractivity contribution in [3.8, 4) is 0 Å². The van der Waals surface area contributed by atoms with Gasteiger partial charge in [-0.25, -0.2) is 4.79 Å². The van der Waals surface area contributed by atoms with Gasteiger partial charge in [0.05, 0.1) is 6.54 Å². The van der Waals surface area contributed by atoms with Crippen LogP contribution in [0.1, 0.15) is 13.8 Å². The highest BCUT2D eigenvalue weighted by molar-refractivity contribution is 5.84. The lowest BCUT2D eigenvalue weighted by Gasteiger charge is -1.79.